The largest absolute Gasteiger partial charge is 0.435 e. The van der Waals surface area contributed by atoms with Crippen LogP contribution in [0.25, 0.3) is 0 Å². The summed E-state index contributed by atoms with van der Waals surface area (Å²) in [5.74, 6) is -1.35. The van der Waals surface area contributed by atoms with Crippen LogP contribution in [0.5, 0.6) is 0 Å². The van der Waals surface area contributed by atoms with Crippen LogP contribution < -0.4 is 5.73 Å². The van der Waals surface area contributed by atoms with Gasteiger partial charge in [-0.3, -0.25) is 9.48 Å². The number of rotatable bonds is 5. The molecule has 0 saturated heterocycles. The number of sulfone groups is 1. The first-order chi connectivity index (χ1) is 14.7. The first-order valence-corrected chi connectivity index (χ1v) is 11.1. The van der Waals surface area contributed by atoms with Crippen LogP contribution in [0.3, 0.4) is 0 Å². The van der Waals surface area contributed by atoms with Crippen LogP contribution in [0.2, 0.25) is 0 Å². The van der Waals surface area contributed by atoms with Gasteiger partial charge in [-0.05, 0) is 49.8 Å². The first kappa shape index (κ1) is 24.1. The van der Waals surface area contributed by atoms with Gasteiger partial charge in [-0.2, -0.15) is 31.4 Å². The van der Waals surface area contributed by atoms with Crippen LogP contribution in [-0.2, 0) is 28.7 Å². The van der Waals surface area contributed by atoms with Crippen LogP contribution in [-0.4, -0.2) is 29.4 Å². The fourth-order valence-electron chi connectivity index (χ4n) is 3.80. The van der Waals surface area contributed by atoms with Gasteiger partial charge in [0.1, 0.15) is 5.69 Å². The number of carbonyl (C=O) groups excluding carboxylic acids is 1. The molecule has 0 atom stereocenters. The van der Waals surface area contributed by atoms with Crippen LogP contribution in [0.1, 0.15) is 47.4 Å². The highest BCUT2D eigenvalue weighted by Gasteiger charge is 2.38. The van der Waals surface area contributed by atoms with E-state index in [-0.39, 0.29) is 38.1 Å². The molecule has 1 aliphatic carbocycles. The zero-order chi connectivity index (χ0) is 23.9. The van der Waals surface area contributed by atoms with E-state index in [4.69, 9.17) is 5.73 Å². The summed E-state index contributed by atoms with van der Waals surface area (Å²) in [6, 6.07) is 4.08. The summed E-state index contributed by atoms with van der Waals surface area (Å²) < 4.78 is 104. The Morgan fingerprint density at radius 1 is 1.03 bits per heavy atom. The number of hydrogen-bond donors (Lipinski definition) is 1. The van der Waals surface area contributed by atoms with E-state index < -0.39 is 55.2 Å². The lowest BCUT2D eigenvalue weighted by molar-refractivity contribution is -0.141. The molecule has 0 radical (unpaired) electrons. The highest BCUT2D eigenvalue weighted by atomic mass is 32.2. The summed E-state index contributed by atoms with van der Waals surface area (Å²) in [6.07, 6.45) is -8.65. The van der Waals surface area contributed by atoms with Crippen molar-refractivity contribution in [3.63, 3.8) is 0 Å². The molecule has 1 fully saturated rings. The molecule has 0 bridgehead atoms. The topological polar surface area (TPSA) is 95.1 Å². The third-order valence-corrected chi connectivity index (χ3v) is 7.74. The molecular formula is C19H19F6N3O3S. The molecule has 0 unspecified atom stereocenters. The summed E-state index contributed by atoms with van der Waals surface area (Å²) in [4.78, 5) is 11.1. The summed E-state index contributed by atoms with van der Waals surface area (Å²) in [7, 11) is -4.02. The summed E-state index contributed by atoms with van der Waals surface area (Å²) in [5, 5.41) is 2.50. The highest BCUT2D eigenvalue weighted by Crippen LogP contribution is 2.36. The predicted octanol–water partition coefficient (Wildman–Crippen LogP) is 4.05. The molecule has 2 aromatic rings. The van der Waals surface area contributed by atoms with Gasteiger partial charge in [0, 0.05) is 12.6 Å². The Labute approximate surface area is 179 Å². The number of nitrogens with zero attached hydrogens (tertiary/aromatic N) is 2. The third kappa shape index (κ3) is 5.08. The second kappa shape index (κ2) is 8.41. The summed E-state index contributed by atoms with van der Waals surface area (Å²) in [5.41, 5.74) is 2.41. The van der Waals surface area contributed by atoms with E-state index in [9.17, 15) is 39.6 Å². The van der Waals surface area contributed by atoms with E-state index in [1.54, 1.807) is 0 Å². The zero-order valence-corrected chi connectivity index (χ0v) is 17.3. The maximum absolute atomic E-state index is 12.9. The van der Waals surface area contributed by atoms with Crippen LogP contribution in [0, 0.1) is 5.92 Å². The van der Waals surface area contributed by atoms with Crippen molar-refractivity contribution in [1.82, 2.24) is 9.78 Å². The number of benzene rings is 1. The maximum Gasteiger partial charge on any atom is 0.435 e. The Morgan fingerprint density at radius 3 is 2.19 bits per heavy atom. The Hall–Kier alpha value is -2.57. The SMILES string of the molecule is NC(=O)c1cc(C(F)(F)F)nn1CC1CCC(S(=O)(=O)c2cccc(C(F)(F)F)c2)CC1. The lowest BCUT2D eigenvalue weighted by atomic mass is 9.89. The average molecular weight is 483 g/mol. The molecule has 2 N–H and O–H groups in total. The summed E-state index contributed by atoms with van der Waals surface area (Å²) >= 11 is 0. The van der Waals surface area contributed by atoms with Crippen molar-refractivity contribution < 1.29 is 39.6 Å². The number of primary amides is 1. The summed E-state index contributed by atoms with van der Waals surface area (Å²) in [6.45, 7) is -0.0648. The van der Waals surface area contributed by atoms with Crippen molar-refractivity contribution in [2.75, 3.05) is 0 Å². The molecule has 32 heavy (non-hydrogen) atoms. The molecule has 0 aliphatic heterocycles. The van der Waals surface area contributed by atoms with Gasteiger partial charge in [-0.25, -0.2) is 8.42 Å². The standard InChI is InChI=1S/C19H19F6N3O3S/c20-18(21,22)12-2-1-3-14(8-12)32(30,31)13-6-4-11(5-7-13)10-28-15(17(26)29)9-16(27-28)19(23,24)25/h1-3,8-9,11,13H,4-7,10H2,(H2,26,29). The first-order valence-electron chi connectivity index (χ1n) is 9.55. The Bertz CT molecular complexity index is 1100. The van der Waals surface area contributed by atoms with E-state index in [1.807, 2.05) is 0 Å². The van der Waals surface area contributed by atoms with Gasteiger partial charge in [-0.15, -0.1) is 0 Å². The lowest BCUT2D eigenvalue weighted by Crippen LogP contribution is -2.30. The fourth-order valence-corrected chi connectivity index (χ4v) is 5.64. The molecule has 3 rings (SSSR count). The lowest BCUT2D eigenvalue weighted by Gasteiger charge is -2.28. The van der Waals surface area contributed by atoms with Crippen molar-refractivity contribution in [3.8, 4) is 0 Å². The Morgan fingerprint density at radius 2 is 1.66 bits per heavy atom. The quantitative estimate of drug-likeness (QED) is 0.649. The van der Waals surface area contributed by atoms with Gasteiger partial charge >= 0.3 is 12.4 Å². The number of amides is 1. The Kier molecular flexibility index (Phi) is 6.33. The minimum atomic E-state index is -4.76. The van der Waals surface area contributed by atoms with Crippen LogP contribution in [0.15, 0.2) is 35.2 Å². The fraction of sp³-hybridized carbons (Fsp3) is 0.474. The van der Waals surface area contributed by atoms with E-state index in [2.05, 4.69) is 5.10 Å². The highest BCUT2D eigenvalue weighted by molar-refractivity contribution is 7.92. The predicted molar refractivity (Wildman–Crippen MR) is 100 cm³/mol. The minimum absolute atomic E-state index is 0.0648. The molecule has 1 aromatic carbocycles. The van der Waals surface area contributed by atoms with Crippen molar-refractivity contribution in [2.45, 2.75) is 54.7 Å². The van der Waals surface area contributed by atoms with Gasteiger partial charge in [0.15, 0.2) is 15.5 Å². The van der Waals surface area contributed by atoms with Gasteiger partial charge in [-0.1, -0.05) is 6.07 Å². The smallest absolute Gasteiger partial charge is 0.364 e. The average Bonchev–Trinajstić information content (AvgIpc) is 3.12. The monoisotopic (exact) mass is 483 g/mol. The number of alkyl halides is 6. The normalized spacial score (nSPS) is 20.3. The molecule has 1 aliphatic rings. The zero-order valence-electron chi connectivity index (χ0n) is 16.4. The van der Waals surface area contributed by atoms with Gasteiger partial charge < -0.3 is 5.73 Å². The minimum Gasteiger partial charge on any atom is -0.364 e. The second-order valence-electron chi connectivity index (χ2n) is 7.67. The van der Waals surface area contributed by atoms with Crippen molar-refractivity contribution in [1.29, 1.82) is 0 Å². The molecule has 1 saturated carbocycles. The van der Waals surface area contributed by atoms with Crippen molar-refractivity contribution in [3.05, 3.63) is 47.3 Å². The number of carbonyl (C=O) groups is 1. The molecule has 6 nitrogen and oxygen atoms in total. The van der Waals surface area contributed by atoms with E-state index >= 15 is 0 Å². The molecule has 1 aromatic heterocycles. The van der Waals surface area contributed by atoms with Crippen molar-refractivity contribution in [2.24, 2.45) is 11.7 Å². The Balaban J connectivity index is 1.72. The van der Waals surface area contributed by atoms with Gasteiger partial charge in [0.05, 0.1) is 15.7 Å². The molecule has 1 heterocycles. The van der Waals surface area contributed by atoms with E-state index in [1.165, 1.54) is 0 Å². The number of nitrogens with two attached hydrogens (primary N) is 1. The molecule has 0 spiro atoms. The van der Waals surface area contributed by atoms with Gasteiger partial charge in [0.2, 0.25) is 0 Å². The number of halogens is 6. The molecular weight excluding hydrogens is 464 g/mol. The number of hydrogen-bond acceptors (Lipinski definition) is 4. The molecule has 176 valence electrons. The number of aromatic nitrogens is 2. The third-order valence-electron chi connectivity index (χ3n) is 5.48. The maximum atomic E-state index is 12.9. The van der Waals surface area contributed by atoms with E-state index in [0.29, 0.717) is 12.1 Å². The van der Waals surface area contributed by atoms with Gasteiger partial charge in [0.25, 0.3) is 5.91 Å². The second-order valence-corrected chi connectivity index (χ2v) is 9.90. The molecule has 1 amide bonds. The van der Waals surface area contributed by atoms with E-state index in [0.717, 1.165) is 22.9 Å². The van der Waals surface area contributed by atoms with Crippen molar-refractivity contribution >= 4 is 15.7 Å². The van der Waals surface area contributed by atoms with Crippen LogP contribution >= 0.6 is 0 Å². The van der Waals surface area contributed by atoms with Crippen LogP contribution in [0.4, 0.5) is 26.3 Å². The molecule has 13 heteroatoms.